The Kier molecular flexibility index (Phi) is 6.82. The molecule has 0 N–H and O–H groups in total. The molecule has 1 aromatic carbocycles. The van der Waals surface area contributed by atoms with Gasteiger partial charge in [-0.15, -0.1) is 0 Å². The van der Waals surface area contributed by atoms with Crippen LogP contribution in [-0.2, 0) is 11.3 Å². The van der Waals surface area contributed by atoms with Crippen molar-refractivity contribution < 1.29 is 9.32 Å². The van der Waals surface area contributed by atoms with E-state index in [1.54, 1.807) is 0 Å². The molecule has 2 aromatic rings. The first kappa shape index (κ1) is 21.0. The van der Waals surface area contributed by atoms with E-state index in [-0.39, 0.29) is 0 Å². The zero-order valence-corrected chi connectivity index (χ0v) is 18.3. The van der Waals surface area contributed by atoms with Gasteiger partial charge in [0.25, 0.3) is 0 Å². The summed E-state index contributed by atoms with van der Waals surface area (Å²) in [5.41, 5.74) is 2.28. The third-order valence-corrected chi connectivity index (χ3v) is 6.71. The van der Waals surface area contributed by atoms with Crippen molar-refractivity contribution in [3.05, 3.63) is 35.7 Å². The van der Waals surface area contributed by atoms with E-state index in [4.69, 9.17) is 4.52 Å². The minimum Gasteiger partial charge on any atom is -0.340 e. The zero-order chi connectivity index (χ0) is 20.9. The SMILES string of the molecule is CC[C@@H](C)CC(=O)N1CCN(Cc2ccc(-c3noc(C4CCCC4)n3)cc2)CC1. The van der Waals surface area contributed by atoms with Crippen LogP contribution in [0.4, 0.5) is 0 Å². The third kappa shape index (κ3) is 5.09. The molecule has 162 valence electrons. The Hall–Kier alpha value is -2.21. The number of rotatable bonds is 7. The maximum Gasteiger partial charge on any atom is 0.230 e. The smallest absolute Gasteiger partial charge is 0.230 e. The molecule has 2 fully saturated rings. The van der Waals surface area contributed by atoms with Gasteiger partial charge < -0.3 is 9.42 Å². The van der Waals surface area contributed by atoms with E-state index < -0.39 is 0 Å². The van der Waals surface area contributed by atoms with Crippen LogP contribution in [-0.4, -0.2) is 52.0 Å². The van der Waals surface area contributed by atoms with E-state index in [2.05, 4.69) is 53.2 Å². The summed E-state index contributed by atoms with van der Waals surface area (Å²) >= 11 is 0. The van der Waals surface area contributed by atoms with Crippen molar-refractivity contribution in [1.29, 1.82) is 0 Å². The molecule has 1 aliphatic heterocycles. The molecule has 1 aromatic heterocycles. The van der Waals surface area contributed by atoms with Gasteiger partial charge in [-0.2, -0.15) is 4.98 Å². The molecule has 1 saturated carbocycles. The first-order chi connectivity index (χ1) is 14.6. The Morgan fingerprint density at radius 1 is 1.13 bits per heavy atom. The van der Waals surface area contributed by atoms with Gasteiger partial charge in [0.15, 0.2) is 0 Å². The topological polar surface area (TPSA) is 62.5 Å². The molecule has 1 aliphatic carbocycles. The molecular weight excluding hydrogens is 376 g/mol. The van der Waals surface area contributed by atoms with E-state index in [1.807, 2.05) is 4.90 Å². The van der Waals surface area contributed by atoms with E-state index in [1.165, 1.54) is 18.4 Å². The molecule has 1 atom stereocenters. The molecule has 0 unspecified atom stereocenters. The van der Waals surface area contributed by atoms with Crippen molar-refractivity contribution in [2.24, 2.45) is 5.92 Å². The molecule has 1 saturated heterocycles. The normalized spacial score (nSPS) is 19.3. The second kappa shape index (κ2) is 9.73. The first-order valence-electron chi connectivity index (χ1n) is 11.6. The van der Waals surface area contributed by atoms with Crippen LogP contribution < -0.4 is 0 Å². The van der Waals surface area contributed by atoms with E-state index in [0.717, 1.165) is 63.4 Å². The van der Waals surface area contributed by atoms with Gasteiger partial charge in [0.05, 0.1) is 0 Å². The lowest BCUT2D eigenvalue weighted by Crippen LogP contribution is -2.48. The van der Waals surface area contributed by atoms with Gasteiger partial charge in [0, 0.05) is 50.6 Å². The highest BCUT2D eigenvalue weighted by Gasteiger charge is 2.24. The van der Waals surface area contributed by atoms with Crippen molar-refractivity contribution in [2.45, 2.75) is 64.8 Å². The average Bonchev–Trinajstić information content (AvgIpc) is 3.47. The number of piperazine rings is 1. The highest BCUT2D eigenvalue weighted by Crippen LogP contribution is 2.33. The highest BCUT2D eigenvalue weighted by molar-refractivity contribution is 5.76. The summed E-state index contributed by atoms with van der Waals surface area (Å²) in [7, 11) is 0. The zero-order valence-electron chi connectivity index (χ0n) is 18.3. The summed E-state index contributed by atoms with van der Waals surface area (Å²) in [4.78, 5) is 21.5. The van der Waals surface area contributed by atoms with Crippen LogP contribution in [0.25, 0.3) is 11.4 Å². The molecule has 2 heterocycles. The second-order valence-electron chi connectivity index (χ2n) is 9.01. The number of nitrogens with zero attached hydrogens (tertiary/aromatic N) is 4. The van der Waals surface area contributed by atoms with Gasteiger partial charge in [-0.25, -0.2) is 0 Å². The quantitative estimate of drug-likeness (QED) is 0.674. The van der Waals surface area contributed by atoms with Crippen LogP contribution >= 0.6 is 0 Å². The summed E-state index contributed by atoms with van der Waals surface area (Å²) < 4.78 is 5.51. The maximum atomic E-state index is 12.4. The average molecular weight is 411 g/mol. The highest BCUT2D eigenvalue weighted by atomic mass is 16.5. The molecule has 6 nitrogen and oxygen atoms in total. The Bertz CT molecular complexity index is 818. The molecule has 0 spiro atoms. The van der Waals surface area contributed by atoms with Crippen LogP contribution in [0.3, 0.4) is 0 Å². The molecule has 0 radical (unpaired) electrons. The van der Waals surface area contributed by atoms with Gasteiger partial charge in [-0.05, 0) is 24.3 Å². The van der Waals surface area contributed by atoms with Crippen LogP contribution in [0.2, 0.25) is 0 Å². The molecule has 4 rings (SSSR count). The predicted molar refractivity (Wildman–Crippen MR) is 117 cm³/mol. The predicted octanol–water partition coefficient (Wildman–Crippen LogP) is 4.47. The minimum atomic E-state index is 0.311. The maximum absolute atomic E-state index is 12.4. The minimum absolute atomic E-state index is 0.311. The van der Waals surface area contributed by atoms with Crippen molar-refractivity contribution in [3.63, 3.8) is 0 Å². The molecule has 30 heavy (non-hydrogen) atoms. The Balaban J connectivity index is 1.28. The largest absolute Gasteiger partial charge is 0.340 e. The van der Waals surface area contributed by atoms with Crippen LogP contribution in [0.15, 0.2) is 28.8 Å². The van der Waals surface area contributed by atoms with E-state index >= 15 is 0 Å². The second-order valence-corrected chi connectivity index (χ2v) is 9.01. The summed E-state index contributed by atoms with van der Waals surface area (Å²) in [5, 5.41) is 4.19. The number of hydrogen-bond acceptors (Lipinski definition) is 5. The monoisotopic (exact) mass is 410 g/mol. The number of amides is 1. The third-order valence-electron chi connectivity index (χ3n) is 6.71. The fourth-order valence-electron chi connectivity index (χ4n) is 4.44. The van der Waals surface area contributed by atoms with Crippen LogP contribution in [0.5, 0.6) is 0 Å². The number of hydrogen-bond donors (Lipinski definition) is 0. The molecule has 6 heteroatoms. The Morgan fingerprint density at radius 2 is 1.83 bits per heavy atom. The number of carbonyl (C=O) groups is 1. The number of benzene rings is 1. The summed E-state index contributed by atoms with van der Waals surface area (Å²) in [6.07, 6.45) is 6.59. The van der Waals surface area contributed by atoms with Gasteiger partial charge in [0.2, 0.25) is 17.6 Å². The molecule has 0 bridgehead atoms. The van der Waals surface area contributed by atoms with Crippen molar-refractivity contribution in [3.8, 4) is 11.4 Å². The fourth-order valence-corrected chi connectivity index (χ4v) is 4.44. The lowest BCUT2D eigenvalue weighted by Gasteiger charge is -2.35. The standard InChI is InChI=1S/C24H34N4O2/c1-3-18(2)16-22(29)28-14-12-27(13-15-28)17-19-8-10-20(11-9-19)23-25-24(30-26-23)21-6-4-5-7-21/h8-11,18,21H,3-7,12-17H2,1-2H3/t18-/m1/s1. The van der Waals surface area contributed by atoms with Gasteiger partial charge in [-0.3, -0.25) is 9.69 Å². The fraction of sp³-hybridized carbons (Fsp3) is 0.625. The van der Waals surface area contributed by atoms with Gasteiger partial charge in [0.1, 0.15) is 0 Å². The van der Waals surface area contributed by atoms with Crippen molar-refractivity contribution in [1.82, 2.24) is 19.9 Å². The Morgan fingerprint density at radius 3 is 2.50 bits per heavy atom. The van der Waals surface area contributed by atoms with Crippen molar-refractivity contribution >= 4 is 5.91 Å². The van der Waals surface area contributed by atoms with Crippen molar-refractivity contribution in [2.75, 3.05) is 26.2 Å². The summed E-state index contributed by atoms with van der Waals surface area (Å²) in [6.45, 7) is 8.75. The lowest BCUT2D eigenvalue weighted by molar-refractivity contribution is -0.133. The number of aromatic nitrogens is 2. The summed E-state index contributed by atoms with van der Waals surface area (Å²) in [6, 6.07) is 8.48. The molecular formula is C24H34N4O2. The summed E-state index contributed by atoms with van der Waals surface area (Å²) in [5.74, 6) is 2.72. The van der Waals surface area contributed by atoms with Gasteiger partial charge in [-0.1, -0.05) is 62.5 Å². The van der Waals surface area contributed by atoms with Crippen LogP contribution in [0, 0.1) is 5.92 Å². The Labute approximate surface area is 179 Å². The first-order valence-corrected chi connectivity index (χ1v) is 11.6. The van der Waals surface area contributed by atoms with Gasteiger partial charge >= 0.3 is 0 Å². The molecule has 1 amide bonds. The van der Waals surface area contributed by atoms with E-state index in [9.17, 15) is 4.79 Å². The molecule has 2 aliphatic rings. The van der Waals surface area contributed by atoms with E-state index in [0.29, 0.717) is 30.0 Å². The van der Waals surface area contributed by atoms with Crippen LogP contribution in [0.1, 0.15) is 69.7 Å². The number of carbonyl (C=O) groups excluding carboxylic acids is 1. The lowest BCUT2D eigenvalue weighted by atomic mass is 10.0.